The molecule has 0 saturated carbocycles. The molecule has 0 fully saturated rings. The average Bonchev–Trinajstić information content (AvgIpc) is 2.35. The van der Waals surface area contributed by atoms with Crippen LogP contribution in [0.15, 0.2) is 11.8 Å². The SMILES string of the molecule is OC(F)=C(F)C(F)(F)C(F)(F)C(F)(F)C(F)(F)C(F)(F)C(F)(F)F. The van der Waals surface area contributed by atoms with E-state index in [2.05, 4.69) is 0 Å². The van der Waals surface area contributed by atoms with Crippen LogP contribution in [-0.2, 0) is 0 Å². The molecule has 0 aliphatic carbocycles. The Morgan fingerprint density at radius 3 is 1.04 bits per heavy atom. The molecule has 0 unspecified atom stereocenters. The number of halogens is 15. The van der Waals surface area contributed by atoms with Gasteiger partial charge in [0.2, 0.25) is 5.83 Å². The molecule has 0 radical (unpaired) electrons. The lowest BCUT2D eigenvalue weighted by Crippen LogP contribution is -2.70. The van der Waals surface area contributed by atoms with Crippen LogP contribution in [0.25, 0.3) is 0 Å². The predicted molar refractivity (Wildman–Crippen MR) is 42.7 cm³/mol. The zero-order valence-corrected chi connectivity index (χ0v) is 10.1. The van der Waals surface area contributed by atoms with Crippen LogP contribution in [-0.4, -0.2) is 40.9 Å². The van der Waals surface area contributed by atoms with Crippen molar-refractivity contribution < 1.29 is 71.0 Å². The third-order valence-electron chi connectivity index (χ3n) is 2.39. The summed E-state index contributed by atoms with van der Waals surface area (Å²) in [4.78, 5) is 0. The second kappa shape index (κ2) is 5.50. The van der Waals surface area contributed by atoms with Crippen molar-refractivity contribution in [3.63, 3.8) is 0 Å². The van der Waals surface area contributed by atoms with E-state index in [0.29, 0.717) is 0 Å². The van der Waals surface area contributed by atoms with Crippen molar-refractivity contribution in [3.8, 4) is 0 Å². The molecule has 0 aromatic carbocycles. The number of hydrogen-bond acceptors (Lipinski definition) is 1. The Kier molecular flexibility index (Phi) is 5.16. The standard InChI is InChI=1S/C8HF15O/c9-1(2(10)24)3(11,12)4(13,14)5(15,16)6(17,18)7(19,20)8(21,22)23/h24H. The Morgan fingerprint density at radius 1 is 0.500 bits per heavy atom. The van der Waals surface area contributed by atoms with Crippen LogP contribution in [0.2, 0.25) is 0 Å². The van der Waals surface area contributed by atoms with Crippen LogP contribution in [0, 0.1) is 0 Å². The smallest absolute Gasteiger partial charge is 0.460 e. The van der Waals surface area contributed by atoms with E-state index in [1.54, 1.807) is 0 Å². The van der Waals surface area contributed by atoms with Gasteiger partial charge in [0.05, 0.1) is 0 Å². The minimum Gasteiger partial charge on any atom is -0.484 e. The first-order chi connectivity index (χ1) is 10.1. The van der Waals surface area contributed by atoms with Gasteiger partial charge in [0.25, 0.3) is 0 Å². The van der Waals surface area contributed by atoms with Gasteiger partial charge in [-0.15, -0.1) is 0 Å². The molecule has 0 aliphatic rings. The second-order valence-corrected chi connectivity index (χ2v) is 3.97. The largest absolute Gasteiger partial charge is 0.484 e. The predicted octanol–water partition coefficient (Wildman–Crippen LogP) is 5.39. The minimum absolute atomic E-state index is 3.93. The molecule has 0 atom stereocenters. The van der Waals surface area contributed by atoms with Crippen molar-refractivity contribution in [1.29, 1.82) is 0 Å². The molecule has 24 heavy (non-hydrogen) atoms. The van der Waals surface area contributed by atoms with E-state index in [0.717, 1.165) is 0 Å². The molecule has 0 bridgehead atoms. The molecule has 16 heteroatoms. The number of aliphatic hydroxyl groups is 1. The molecule has 1 N–H and O–H groups in total. The van der Waals surface area contributed by atoms with Crippen molar-refractivity contribution >= 4 is 0 Å². The maximum Gasteiger partial charge on any atom is 0.460 e. The second-order valence-electron chi connectivity index (χ2n) is 3.97. The molecule has 0 saturated heterocycles. The van der Waals surface area contributed by atoms with Crippen molar-refractivity contribution in [2.24, 2.45) is 0 Å². The Morgan fingerprint density at radius 2 is 0.792 bits per heavy atom. The van der Waals surface area contributed by atoms with Gasteiger partial charge in [0.15, 0.2) is 0 Å². The third-order valence-corrected chi connectivity index (χ3v) is 2.39. The summed E-state index contributed by atoms with van der Waals surface area (Å²) < 4.78 is 185. The summed E-state index contributed by atoms with van der Waals surface area (Å²) in [6.07, 6.45) is -7.61. The molecule has 0 rings (SSSR count). The van der Waals surface area contributed by atoms with Gasteiger partial charge in [0.1, 0.15) is 0 Å². The molecule has 0 spiro atoms. The number of alkyl halides is 13. The van der Waals surface area contributed by atoms with E-state index in [1.807, 2.05) is 0 Å². The molecular formula is C8HF15O. The highest BCUT2D eigenvalue weighted by Gasteiger charge is 2.91. The van der Waals surface area contributed by atoms with Crippen LogP contribution in [0.1, 0.15) is 0 Å². The number of hydrogen-bond donors (Lipinski definition) is 1. The van der Waals surface area contributed by atoms with Gasteiger partial charge < -0.3 is 5.11 Å². The zero-order valence-electron chi connectivity index (χ0n) is 10.1. The molecule has 0 aromatic rings. The van der Waals surface area contributed by atoms with Crippen LogP contribution in [0.3, 0.4) is 0 Å². The molecule has 0 amide bonds. The number of allylic oxidation sites excluding steroid dienone is 1. The minimum atomic E-state index is -8.25. The summed E-state index contributed by atoms with van der Waals surface area (Å²) in [6, 6.07) is -3.93. The van der Waals surface area contributed by atoms with Gasteiger partial charge in [-0.1, -0.05) is 0 Å². The van der Waals surface area contributed by atoms with Crippen LogP contribution in [0.4, 0.5) is 65.9 Å². The van der Waals surface area contributed by atoms with Gasteiger partial charge in [-0.05, 0) is 0 Å². The fraction of sp³-hybridized carbons (Fsp3) is 0.750. The molecule has 0 aromatic heterocycles. The highest BCUT2D eigenvalue weighted by atomic mass is 19.4. The summed E-state index contributed by atoms with van der Waals surface area (Å²) in [7, 11) is 0. The van der Waals surface area contributed by atoms with Crippen molar-refractivity contribution in [2.75, 3.05) is 0 Å². The van der Waals surface area contributed by atoms with E-state index in [-0.39, 0.29) is 0 Å². The highest BCUT2D eigenvalue weighted by Crippen LogP contribution is 2.61. The van der Waals surface area contributed by atoms with E-state index in [4.69, 9.17) is 5.11 Å². The summed E-state index contributed by atoms with van der Waals surface area (Å²) in [5, 5.41) is 7.54. The molecular weight excluding hydrogens is 397 g/mol. The van der Waals surface area contributed by atoms with Gasteiger partial charge in [-0.25, -0.2) is 0 Å². The highest BCUT2D eigenvalue weighted by molar-refractivity contribution is 5.18. The van der Waals surface area contributed by atoms with Crippen molar-refractivity contribution in [3.05, 3.63) is 11.8 Å². The Balaban J connectivity index is 6.47. The first-order valence-corrected chi connectivity index (χ1v) is 4.81. The third kappa shape index (κ3) is 2.72. The fourth-order valence-electron chi connectivity index (χ4n) is 1.04. The maximum atomic E-state index is 12.8. The lowest BCUT2D eigenvalue weighted by atomic mass is 9.93. The van der Waals surface area contributed by atoms with Gasteiger partial charge >= 0.3 is 41.8 Å². The van der Waals surface area contributed by atoms with E-state index in [1.165, 1.54) is 0 Å². The fourth-order valence-corrected chi connectivity index (χ4v) is 1.04. The molecule has 0 heterocycles. The zero-order chi connectivity index (χ0) is 20.2. The van der Waals surface area contributed by atoms with Crippen LogP contribution < -0.4 is 0 Å². The van der Waals surface area contributed by atoms with Crippen LogP contribution in [0.5, 0.6) is 0 Å². The lowest BCUT2D eigenvalue weighted by Gasteiger charge is -2.39. The summed E-state index contributed by atoms with van der Waals surface area (Å²) in [5.74, 6) is -44.4. The van der Waals surface area contributed by atoms with E-state index >= 15 is 0 Å². The Bertz CT molecular complexity index is 508. The first kappa shape index (κ1) is 22.5. The lowest BCUT2D eigenvalue weighted by molar-refractivity contribution is -0.437. The van der Waals surface area contributed by atoms with E-state index in [9.17, 15) is 65.9 Å². The molecule has 144 valence electrons. The quantitative estimate of drug-likeness (QED) is 0.487. The maximum absolute atomic E-state index is 12.8. The molecule has 0 aliphatic heterocycles. The Labute approximate surface area is 120 Å². The van der Waals surface area contributed by atoms with Crippen molar-refractivity contribution in [2.45, 2.75) is 35.8 Å². The summed E-state index contributed by atoms with van der Waals surface area (Å²) >= 11 is 0. The van der Waals surface area contributed by atoms with Crippen molar-refractivity contribution in [1.82, 2.24) is 0 Å². The topological polar surface area (TPSA) is 20.2 Å². The normalized spacial score (nSPS) is 17.0. The molecule has 1 nitrogen and oxygen atoms in total. The van der Waals surface area contributed by atoms with Gasteiger partial charge in [-0.2, -0.15) is 65.9 Å². The monoisotopic (exact) mass is 398 g/mol. The van der Waals surface area contributed by atoms with E-state index < -0.39 is 47.6 Å². The first-order valence-electron chi connectivity index (χ1n) is 4.81. The van der Waals surface area contributed by atoms with Gasteiger partial charge in [-0.3, -0.25) is 0 Å². The summed E-state index contributed by atoms with van der Waals surface area (Å²) in [5.41, 5.74) is 0. The van der Waals surface area contributed by atoms with Crippen LogP contribution >= 0.6 is 0 Å². The Hall–Kier alpha value is -1.51. The average molecular weight is 398 g/mol. The number of aliphatic hydroxyl groups excluding tert-OH is 1. The summed E-state index contributed by atoms with van der Waals surface area (Å²) in [6.45, 7) is 0. The van der Waals surface area contributed by atoms with Gasteiger partial charge in [0, 0.05) is 0 Å². The number of rotatable bonds is 5.